The van der Waals surface area contributed by atoms with Gasteiger partial charge >= 0.3 is 0 Å². The van der Waals surface area contributed by atoms with Gasteiger partial charge in [0.25, 0.3) is 0 Å². The van der Waals surface area contributed by atoms with Gasteiger partial charge < -0.3 is 15.7 Å². The molecule has 0 aromatic heterocycles. The number of aliphatic hydroxyl groups is 1. The first kappa shape index (κ1) is 20.2. The number of guanidine groups is 1. The van der Waals surface area contributed by atoms with Gasteiger partial charge in [-0.1, -0.05) is 31.9 Å². The lowest BCUT2D eigenvalue weighted by Crippen LogP contribution is -2.49. The van der Waals surface area contributed by atoms with Crippen molar-refractivity contribution in [3.05, 3.63) is 12.2 Å². The molecule has 0 amide bonds. The summed E-state index contributed by atoms with van der Waals surface area (Å²) in [6, 6.07) is 0.475. The highest BCUT2D eigenvalue weighted by molar-refractivity contribution is 5.80. The largest absolute Gasteiger partial charge is 0.392 e. The normalized spacial score (nSPS) is 29.4. The molecule has 2 unspecified atom stereocenters. The minimum absolute atomic E-state index is 0.0779. The van der Waals surface area contributed by atoms with Gasteiger partial charge in [0.15, 0.2) is 5.96 Å². The van der Waals surface area contributed by atoms with Crippen LogP contribution in [-0.2, 0) is 0 Å². The molecule has 1 saturated carbocycles. The van der Waals surface area contributed by atoms with Crippen LogP contribution in [0.1, 0.15) is 59.3 Å². The molecule has 3 N–H and O–H groups in total. The van der Waals surface area contributed by atoms with Crippen molar-refractivity contribution in [3.63, 3.8) is 0 Å². The van der Waals surface area contributed by atoms with Crippen LogP contribution in [0.2, 0.25) is 0 Å². The summed E-state index contributed by atoms with van der Waals surface area (Å²) in [5.74, 6) is 0.903. The van der Waals surface area contributed by atoms with Crippen LogP contribution in [-0.4, -0.2) is 60.8 Å². The maximum absolute atomic E-state index is 10.4. The number of nitrogens with one attached hydrogen (secondary N) is 2. The fraction of sp³-hybridized carbons (Fsp3) is 0.850. The Labute approximate surface area is 154 Å². The average Bonchev–Trinajstić information content (AvgIpc) is 2.57. The lowest BCUT2D eigenvalue weighted by molar-refractivity contribution is 0.00715. The van der Waals surface area contributed by atoms with Gasteiger partial charge in [-0.15, -0.1) is 0 Å². The van der Waals surface area contributed by atoms with E-state index in [9.17, 15) is 5.11 Å². The third kappa shape index (κ3) is 6.30. The molecule has 1 saturated heterocycles. The van der Waals surface area contributed by atoms with E-state index < -0.39 is 0 Å². The molecular weight excluding hydrogens is 312 g/mol. The zero-order valence-corrected chi connectivity index (χ0v) is 16.5. The van der Waals surface area contributed by atoms with Crippen molar-refractivity contribution in [2.75, 3.05) is 32.7 Å². The van der Waals surface area contributed by atoms with E-state index >= 15 is 0 Å². The van der Waals surface area contributed by atoms with Gasteiger partial charge in [0.05, 0.1) is 12.6 Å². The minimum Gasteiger partial charge on any atom is -0.392 e. The highest BCUT2D eigenvalue weighted by atomic mass is 16.3. The predicted octanol–water partition coefficient (Wildman–Crippen LogP) is 2.52. The van der Waals surface area contributed by atoms with E-state index in [1.165, 1.54) is 12.0 Å². The lowest BCUT2D eigenvalue weighted by atomic mass is 9.73. The van der Waals surface area contributed by atoms with E-state index in [1.807, 2.05) is 0 Å². The van der Waals surface area contributed by atoms with E-state index in [4.69, 9.17) is 4.99 Å². The molecule has 144 valence electrons. The smallest absolute Gasteiger partial charge is 0.191 e. The first-order chi connectivity index (χ1) is 11.9. The summed E-state index contributed by atoms with van der Waals surface area (Å²) >= 11 is 0. The van der Waals surface area contributed by atoms with Gasteiger partial charge in [0.1, 0.15) is 0 Å². The number of likely N-dealkylation sites (tertiary alicyclic amines) is 1. The zero-order chi connectivity index (χ0) is 18.3. The summed E-state index contributed by atoms with van der Waals surface area (Å²) in [5.41, 5.74) is 1.16. The third-order valence-corrected chi connectivity index (χ3v) is 5.64. The van der Waals surface area contributed by atoms with E-state index in [2.05, 4.69) is 42.9 Å². The molecule has 0 radical (unpaired) electrons. The van der Waals surface area contributed by atoms with E-state index in [-0.39, 0.29) is 11.5 Å². The molecule has 2 rings (SSSR count). The number of rotatable bonds is 6. The van der Waals surface area contributed by atoms with Crippen LogP contribution < -0.4 is 10.6 Å². The van der Waals surface area contributed by atoms with Crippen molar-refractivity contribution in [1.82, 2.24) is 15.5 Å². The summed E-state index contributed by atoms with van der Waals surface area (Å²) in [6.45, 7) is 15.2. The van der Waals surface area contributed by atoms with Crippen LogP contribution in [0.5, 0.6) is 0 Å². The minimum atomic E-state index is -0.224. The Bertz CT molecular complexity index is 457. The molecule has 5 heteroatoms. The summed E-state index contributed by atoms with van der Waals surface area (Å²) < 4.78 is 0. The molecule has 25 heavy (non-hydrogen) atoms. The number of piperidine rings is 1. The Morgan fingerprint density at radius 3 is 2.60 bits per heavy atom. The highest BCUT2D eigenvalue weighted by Crippen LogP contribution is 2.36. The molecule has 5 nitrogen and oxygen atoms in total. The Kier molecular flexibility index (Phi) is 7.76. The topological polar surface area (TPSA) is 59.9 Å². The van der Waals surface area contributed by atoms with E-state index in [1.54, 1.807) is 0 Å². The van der Waals surface area contributed by atoms with Crippen molar-refractivity contribution >= 4 is 5.96 Å². The molecular formula is C20H38N4O. The molecule has 2 aliphatic rings. The molecule has 0 spiro atoms. The Morgan fingerprint density at radius 2 is 2.00 bits per heavy atom. The van der Waals surface area contributed by atoms with Gasteiger partial charge in [0, 0.05) is 37.6 Å². The van der Waals surface area contributed by atoms with Crippen LogP contribution >= 0.6 is 0 Å². The number of aliphatic imine (C=N–C) groups is 1. The van der Waals surface area contributed by atoms with Gasteiger partial charge in [-0.3, -0.25) is 9.89 Å². The van der Waals surface area contributed by atoms with Crippen molar-refractivity contribution in [1.29, 1.82) is 0 Å². The molecule has 0 aromatic rings. The van der Waals surface area contributed by atoms with Gasteiger partial charge in [-0.05, 0) is 39.5 Å². The van der Waals surface area contributed by atoms with Crippen molar-refractivity contribution < 1.29 is 5.11 Å². The predicted molar refractivity (Wildman–Crippen MR) is 106 cm³/mol. The zero-order valence-electron chi connectivity index (χ0n) is 16.5. The molecule has 1 heterocycles. The highest BCUT2D eigenvalue weighted by Gasteiger charge is 2.35. The second kappa shape index (κ2) is 9.58. The first-order valence-corrected chi connectivity index (χ1v) is 10.0. The maximum Gasteiger partial charge on any atom is 0.191 e. The van der Waals surface area contributed by atoms with Crippen LogP contribution in [0.25, 0.3) is 0 Å². The number of hydrogen-bond donors (Lipinski definition) is 3. The van der Waals surface area contributed by atoms with Gasteiger partial charge in [0.2, 0.25) is 0 Å². The standard InChI is InChI=1S/C20H38N4O/c1-5-21-19(22-15-20(4)11-7-6-8-18(20)25)23-17-9-12-24(13-10-17)14-16(2)3/h17-18,25H,2,5-15H2,1,3-4H3,(H2,21,22,23). The lowest BCUT2D eigenvalue weighted by Gasteiger charge is -2.37. The molecule has 2 atom stereocenters. The van der Waals surface area contributed by atoms with Crippen molar-refractivity contribution in [2.45, 2.75) is 71.4 Å². The van der Waals surface area contributed by atoms with Gasteiger partial charge in [-0.25, -0.2) is 0 Å². The molecule has 2 fully saturated rings. The monoisotopic (exact) mass is 350 g/mol. The fourth-order valence-corrected chi connectivity index (χ4v) is 3.96. The average molecular weight is 351 g/mol. The first-order valence-electron chi connectivity index (χ1n) is 10.0. The number of hydrogen-bond acceptors (Lipinski definition) is 3. The maximum atomic E-state index is 10.4. The Hall–Kier alpha value is -1.07. The number of aliphatic hydroxyl groups excluding tert-OH is 1. The Morgan fingerprint density at radius 1 is 1.28 bits per heavy atom. The van der Waals surface area contributed by atoms with Crippen LogP contribution in [0.4, 0.5) is 0 Å². The van der Waals surface area contributed by atoms with Crippen LogP contribution in [0, 0.1) is 5.41 Å². The second-order valence-corrected chi connectivity index (χ2v) is 8.26. The van der Waals surface area contributed by atoms with Crippen LogP contribution in [0.3, 0.4) is 0 Å². The quantitative estimate of drug-likeness (QED) is 0.391. The second-order valence-electron chi connectivity index (χ2n) is 8.26. The SMILES string of the molecule is C=C(C)CN1CCC(NC(=NCC2(C)CCCCC2O)NCC)CC1. The number of nitrogens with zero attached hydrogens (tertiary/aromatic N) is 2. The summed E-state index contributed by atoms with van der Waals surface area (Å²) in [5, 5.41) is 17.4. The summed E-state index contributed by atoms with van der Waals surface area (Å²) in [7, 11) is 0. The summed E-state index contributed by atoms with van der Waals surface area (Å²) in [4.78, 5) is 7.30. The van der Waals surface area contributed by atoms with E-state index in [0.29, 0.717) is 12.6 Å². The molecule has 0 aromatic carbocycles. The molecule has 1 aliphatic carbocycles. The van der Waals surface area contributed by atoms with Crippen molar-refractivity contribution in [2.24, 2.45) is 10.4 Å². The van der Waals surface area contributed by atoms with Gasteiger partial charge in [-0.2, -0.15) is 0 Å². The van der Waals surface area contributed by atoms with Crippen molar-refractivity contribution in [3.8, 4) is 0 Å². The van der Waals surface area contributed by atoms with Crippen LogP contribution in [0.15, 0.2) is 17.1 Å². The third-order valence-electron chi connectivity index (χ3n) is 5.64. The fourth-order valence-electron chi connectivity index (χ4n) is 3.96. The molecule has 1 aliphatic heterocycles. The summed E-state index contributed by atoms with van der Waals surface area (Å²) in [6.07, 6.45) is 6.37. The Balaban J connectivity index is 1.87. The molecule has 0 bridgehead atoms. The van der Waals surface area contributed by atoms with E-state index in [0.717, 1.165) is 64.2 Å².